The number of amides is 4. The van der Waals surface area contributed by atoms with Crippen LogP contribution in [0.3, 0.4) is 0 Å². The molecular formula is C49H45Cl2F2N5O5. The van der Waals surface area contributed by atoms with Crippen molar-refractivity contribution in [2.24, 2.45) is 5.41 Å². The monoisotopic (exact) mass is 891 g/mol. The molecule has 3 heterocycles. The van der Waals surface area contributed by atoms with Gasteiger partial charge in [0.25, 0.3) is 11.8 Å². The molecule has 1 unspecified atom stereocenters. The number of rotatable bonds is 11. The van der Waals surface area contributed by atoms with Crippen LogP contribution in [0, 0.1) is 40.2 Å². The first-order chi connectivity index (χ1) is 30.0. The molecule has 0 bridgehead atoms. The molecular weight excluding hydrogens is 847 g/mol. The summed E-state index contributed by atoms with van der Waals surface area (Å²) in [6, 6.07) is 20.0. The van der Waals surface area contributed by atoms with E-state index in [0.717, 1.165) is 11.6 Å². The fourth-order valence-corrected chi connectivity index (χ4v) is 9.38. The van der Waals surface area contributed by atoms with Gasteiger partial charge >= 0.3 is 0 Å². The number of nitrogens with zero attached hydrogens (tertiary/aromatic N) is 2. The maximum absolute atomic E-state index is 16.1. The highest BCUT2D eigenvalue weighted by molar-refractivity contribution is 6.31. The third kappa shape index (κ3) is 9.26. The van der Waals surface area contributed by atoms with Gasteiger partial charge in [0.05, 0.1) is 17.1 Å². The van der Waals surface area contributed by atoms with Gasteiger partial charge in [-0.25, -0.2) is 8.78 Å². The Balaban J connectivity index is 1.01. The van der Waals surface area contributed by atoms with E-state index in [4.69, 9.17) is 23.2 Å². The highest BCUT2D eigenvalue weighted by atomic mass is 35.5. The Morgan fingerprint density at radius 3 is 2.44 bits per heavy atom. The molecule has 0 radical (unpaired) electrons. The van der Waals surface area contributed by atoms with Gasteiger partial charge in [-0.2, -0.15) is 5.26 Å². The lowest BCUT2D eigenvalue weighted by atomic mass is 9.62. The first-order valence-electron chi connectivity index (χ1n) is 20.7. The van der Waals surface area contributed by atoms with Gasteiger partial charge < -0.3 is 15.5 Å². The Bertz CT molecular complexity index is 2610. The summed E-state index contributed by atoms with van der Waals surface area (Å²) in [5.74, 6) is 1.74. The molecule has 7 rings (SSSR count). The fourth-order valence-electron chi connectivity index (χ4n) is 9.03. The summed E-state index contributed by atoms with van der Waals surface area (Å²) in [4.78, 5) is 66.2. The summed E-state index contributed by atoms with van der Waals surface area (Å²) < 4.78 is 32.0. The minimum absolute atomic E-state index is 0.00428. The average Bonchev–Trinajstić information content (AvgIpc) is 3.74. The zero-order valence-electron chi connectivity index (χ0n) is 34.9. The number of nitriles is 1. The zero-order chi connectivity index (χ0) is 45.2. The van der Waals surface area contributed by atoms with E-state index in [-0.39, 0.29) is 70.5 Å². The van der Waals surface area contributed by atoms with Crippen LogP contribution in [0.15, 0.2) is 78.9 Å². The number of imide groups is 1. The Morgan fingerprint density at radius 2 is 1.75 bits per heavy atom. The number of hydrogen-bond donors (Lipinski definition) is 3. The number of halogens is 4. The molecule has 324 valence electrons. The van der Waals surface area contributed by atoms with Crippen molar-refractivity contribution in [2.75, 3.05) is 6.54 Å². The summed E-state index contributed by atoms with van der Waals surface area (Å²) in [6.45, 7) is 6.46. The number of hydrogen-bond acceptors (Lipinski definition) is 7. The normalized spacial score (nSPS) is 21.9. The quantitative estimate of drug-likeness (QED) is 0.0794. The molecule has 4 aromatic carbocycles. The standard InChI is InChI=1S/C49H45Cl2F2N5O5/c1-48(2,3)25-40-49(27-54,35-19-18-31(50)24-37(35)52)42(33-12-8-13-36(51)43(33)53)44(56-40)39(59)23-28-14-16-30(17-15-28)45(61)55-22-6-4-5-9-29-10-7-11-32-34(29)26-58(47(32)63)38-20-21-41(60)57-46(38)62/h7-8,10-19,24,38,40,42,44,56H,4,6,20-23,25-26H2,1-3H3,(H,55,61)(H,57,60,62)/t38?,40-,42-,44-,49-/m0/s1. The first-order valence-corrected chi connectivity index (χ1v) is 21.5. The number of carbonyl (C=O) groups excluding carboxylic acids is 5. The summed E-state index contributed by atoms with van der Waals surface area (Å²) in [5.41, 5.74) is 0.716. The Hall–Kier alpha value is -5.92. The fraction of sp³-hybridized carbons (Fsp3) is 0.347. The number of benzene rings is 4. The predicted molar refractivity (Wildman–Crippen MR) is 234 cm³/mol. The lowest BCUT2D eigenvalue weighted by molar-refractivity contribution is -0.137. The number of piperidine rings is 1. The van der Waals surface area contributed by atoms with Gasteiger partial charge in [-0.15, -0.1) is 0 Å². The lowest BCUT2D eigenvalue weighted by Crippen LogP contribution is -2.52. The third-order valence-electron chi connectivity index (χ3n) is 12.0. The van der Waals surface area contributed by atoms with Gasteiger partial charge in [0.15, 0.2) is 5.78 Å². The van der Waals surface area contributed by atoms with E-state index >= 15 is 8.78 Å². The molecule has 4 amide bonds. The number of unbranched alkanes of at least 4 members (excludes halogenated alkanes) is 1. The largest absolute Gasteiger partial charge is 0.352 e. The summed E-state index contributed by atoms with van der Waals surface area (Å²) in [7, 11) is 0. The minimum atomic E-state index is -1.75. The molecule has 2 saturated heterocycles. The molecule has 4 aromatic rings. The van der Waals surface area contributed by atoms with E-state index in [1.807, 2.05) is 26.8 Å². The second kappa shape index (κ2) is 18.4. The second-order valence-corrected chi connectivity index (χ2v) is 18.3. The van der Waals surface area contributed by atoms with Gasteiger partial charge in [0.2, 0.25) is 11.8 Å². The van der Waals surface area contributed by atoms with E-state index in [0.29, 0.717) is 48.1 Å². The van der Waals surface area contributed by atoms with E-state index in [9.17, 15) is 29.2 Å². The average molecular weight is 893 g/mol. The Kier molecular flexibility index (Phi) is 13.2. The van der Waals surface area contributed by atoms with Gasteiger partial charge in [0.1, 0.15) is 23.1 Å². The molecule has 3 aliphatic heterocycles. The van der Waals surface area contributed by atoms with Crippen LogP contribution in [-0.2, 0) is 32.8 Å². The SMILES string of the molecule is CC(C)(C)C[C@@H]1N[C@@H](C(=O)Cc2ccc(C(=O)NCCCC#Cc3cccc4c3CN(C3CCC(=O)NC3=O)C4=O)cc2)[C@H](c2cccc(Cl)c2F)[C@@]1(C#N)c1ccc(Cl)cc1F. The Morgan fingerprint density at radius 1 is 1.00 bits per heavy atom. The van der Waals surface area contributed by atoms with E-state index < -0.39 is 52.4 Å². The number of nitrogens with one attached hydrogen (secondary N) is 3. The van der Waals surface area contributed by atoms with Crippen LogP contribution in [0.1, 0.15) is 107 Å². The third-order valence-corrected chi connectivity index (χ3v) is 12.5. The molecule has 2 fully saturated rings. The molecule has 3 aliphatic rings. The first kappa shape index (κ1) is 45.1. The maximum atomic E-state index is 16.1. The maximum Gasteiger partial charge on any atom is 0.255 e. The smallest absolute Gasteiger partial charge is 0.255 e. The van der Waals surface area contributed by atoms with Crippen LogP contribution in [-0.4, -0.2) is 59.0 Å². The van der Waals surface area contributed by atoms with Crippen molar-refractivity contribution < 1.29 is 32.8 Å². The highest BCUT2D eigenvalue weighted by Crippen LogP contribution is 2.53. The van der Waals surface area contributed by atoms with Gasteiger partial charge in [-0.05, 0) is 83.8 Å². The minimum Gasteiger partial charge on any atom is -0.352 e. The highest BCUT2D eigenvalue weighted by Gasteiger charge is 2.61. The van der Waals surface area contributed by atoms with Gasteiger partial charge in [0, 0.05) is 71.6 Å². The predicted octanol–water partition coefficient (Wildman–Crippen LogP) is 7.73. The second-order valence-electron chi connectivity index (χ2n) is 17.4. The van der Waals surface area contributed by atoms with Gasteiger partial charge in [-0.3, -0.25) is 29.3 Å². The number of Topliss-reactive ketones (excluding diaryl/α,β-unsaturated/α-hetero) is 1. The topological polar surface area (TPSA) is 148 Å². The number of carbonyl (C=O) groups is 5. The molecule has 14 heteroatoms. The van der Waals surface area contributed by atoms with E-state index in [1.54, 1.807) is 36.4 Å². The molecule has 0 spiro atoms. The molecule has 0 saturated carbocycles. The summed E-state index contributed by atoms with van der Waals surface area (Å²) >= 11 is 12.4. The Labute approximate surface area is 374 Å². The van der Waals surface area contributed by atoms with Crippen molar-refractivity contribution >= 4 is 52.6 Å². The van der Waals surface area contributed by atoms with Crippen LogP contribution >= 0.6 is 23.2 Å². The number of ketones is 1. The number of fused-ring (bicyclic) bond motifs is 1. The van der Waals surface area contributed by atoms with E-state index in [1.165, 1.54) is 35.2 Å². The molecule has 3 N–H and O–H groups in total. The van der Waals surface area contributed by atoms with Crippen LogP contribution in [0.2, 0.25) is 10.0 Å². The van der Waals surface area contributed by atoms with Crippen molar-refractivity contribution in [3.05, 3.63) is 139 Å². The zero-order valence-corrected chi connectivity index (χ0v) is 36.4. The molecule has 10 nitrogen and oxygen atoms in total. The van der Waals surface area contributed by atoms with Crippen molar-refractivity contribution in [1.82, 2.24) is 20.9 Å². The van der Waals surface area contributed by atoms with Crippen LogP contribution in [0.4, 0.5) is 8.78 Å². The molecule has 0 aromatic heterocycles. The summed E-state index contributed by atoms with van der Waals surface area (Å²) in [6.07, 6.45) is 1.66. The lowest BCUT2D eigenvalue weighted by Gasteiger charge is -2.37. The van der Waals surface area contributed by atoms with Crippen molar-refractivity contribution in [3.63, 3.8) is 0 Å². The molecule has 0 aliphatic carbocycles. The van der Waals surface area contributed by atoms with E-state index in [2.05, 4.69) is 33.9 Å². The molecule has 63 heavy (non-hydrogen) atoms. The van der Waals surface area contributed by atoms with Crippen molar-refractivity contribution in [1.29, 1.82) is 5.26 Å². The van der Waals surface area contributed by atoms with Crippen LogP contribution in [0.5, 0.6) is 0 Å². The molecule has 5 atom stereocenters. The van der Waals surface area contributed by atoms with Crippen molar-refractivity contribution in [2.45, 2.75) is 95.3 Å². The summed E-state index contributed by atoms with van der Waals surface area (Å²) in [5, 5.41) is 19.6. The van der Waals surface area contributed by atoms with Gasteiger partial charge in [-0.1, -0.05) is 92.2 Å². The van der Waals surface area contributed by atoms with Crippen LogP contribution < -0.4 is 16.0 Å². The van der Waals surface area contributed by atoms with Crippen molar-refractivity contribution in [3.8, 4) is 17.9 Å². The van der Waals surface area contributed by atoms with Crippen LogP contribution in [0.25, 0.3) is 0 Å².